The number of alkyl halides is 1. The second-order valence-corrected chi connectivity index (χ2v) is 57.5. The summed E-state index contributed by atoms with van der Waals surface area (Å²) in [5, 5.41) is 0. The normalized spacial score (nSPS) is 101. The topological polar surface area (TPSA) is 0 Å². The van der Waals surface area contributed by atoms with Crippen LogP contribution in [0, 0.1) is 239 Å². The van der Waals surface area contributed by atoms with Crippen molar-refractivity contribution < 1.29 is 0 Å². The van der Waals surface area contributed by atoms with Crippen LogP contribution in [0.2, 0.25) is 0 Å². The molecule has 43 fully saturated rings. The van der Waals surface area contributed by atoms with Gasteiger partial charge in [0.25, 0.3) is 0 Å². The van der Waals surface area contributed by atoms with E-state index in [0.29, 0.717) is 0 Å². The Balaban J connectivity index is 0.302. The summed E-state index contributed by atoms with van der Waals surface area (Å²) in [5.41, 5.74) is 39.1. The molecule has 43 aliphatic rings. The molecule has 0 radical (unpaired) electrons. The third kappa shape index (κ3) is 1.85. The van der Waals surface area contributed by atoms with E-state index in [1.165, 1.54) is 10.8 Å². The number of hydrogen-bond acceptors (Lipinski definition) is 0. The van der Waals surface area contributed by atoms with E-state index in [1.807, 2.05) is 180 Å². The minimum atomic E-state index is 0.816. The molecule has 0 heterocycles. The van der Waals surface area contributed by atoms with E-state index in [4.69, 9.17) is 0 Å². The van der Waals surface area contributed by atoms with E-state index in [2.05, 4.69) is 36.4 Å². The SMILES string of the molecule is CCCC12CC34CC56CC78CC9%10CC%11%12CC%13%14CC%15%16CC%17%18CC%19%20CC%21%22CC%23%24CC%25%26CC%27%28CC%29%30CC%31%32CC%33%34CC%35%36CC%37%38CC%39%40CC%41%42CC%43(C)CCC%43%41CC%42%39CC%40%37CC%38%35CC%36%33CC%34%31CC%32%29CC%30%27CC%28%25CC%26%23CC%24%21CC%19%22CC%17%20CC%15%18CC%13%16CC%11%14CC9%12CC7%10CC58CC36CC14CC2CI. The third-order valence-corrected chi connectivity index (χ3v) is 68.0. The van der Waals surface area contributed by atoms with E-state index < -0.39 is 0 Å². The van der Waals surface area contributed by atoms with Crippen molar-refractivity contribution in [2.24, 2.45) is 233 Å². The van der Waals surface area contributed by atoms with Gasteiger partial charge in [-0.3, -0.25) is 0 Å². The molecule has 0 nitrogen and oxygen atoms in total. The van der Waals surface area contributed by atoms with Gasteiger partial charge in [0.2, 0.25) is 0 Å². The first kappa shape index (κ1) is 44.5. The molecular formula is C93H101I. The average molecular weight is 1350 g/mol. The molecule has 0 aliphatic heterocycles. The zero-order valence-corrected chi connectivity index (χ0v) is 59.8. The molecule has 43 aliphatic carbocycles. The molecule has 0 amide bonds. The van der Waals surface area contributed by atoms with Crippen LogP contribution in [0.1, 0.15) is 309 Å². The highest BCUT2D eigenvalue weighted by Gasteiger charge is 3.28. The van der Waals surface area contributed by atoms with Gasteiger partial charge in [-0.05, 0) is 528 Å². The van der Waals surface area contributed by atoms with Crippen molar-refractivity contribution in [3.63, 3.8) is 0 Å². The van der Waals surface area contributed by atoms with Gasteiger partial charge in [0.1, 0.15) is 0 Å². The van der Waals surface area contributed by atoms with Crippen LogP contribution in [0.5, 0.6) is 0 Å². The number of hydrogen-bond donors (Lipinski definition) is 0. The van der Waals surface area contributed by atoms with Crippen molar-refractivity contribution in [3.8, 4) is 0 Å². The fourth-order valence-electron chi connectivity index (χ4n) is 69.7. The summed E-state index contributed by atoms with van der Waals surface area (Å²) in [6.45, 7) is 5.27. The Morgan fingerprint density at radius 3 is 0.457 bits per heavy atom. The van der Waals surface area contributed by atoms with Crippen LogP contribution in [-0.4, -0.2) is 4.43 Å². The molecule has 94 heavy (non-hydrogen) atoms. The molecule has 480 valence electrons. The Labute approximate surface area is 570 Å². The lowest BCUT2D eigenvalue weighted by molar-refractivity contribution is -0.774. The molecule has 0 aromatic heterocycles. The molecule has 43 rings (SSSR count). The maximum atomic E-state index is 2.80. The van der Waals surface area contributed by atoms with Crippen molar-refractivity contribution >= 4 is 22.6 Å². The highest BCUT2D eigenvalue weighted by molar-refractivity contribution is 14.1. The number of halogens is 1. The summed E-state index contributed by atoms with van der Waals surface area (Å²) in [7, 11) is 0. The van der Waals surface area contributed by atoms with Gasteiger partial charge in [0.05, 0.1) is 0 Å². The highest BCUT2D eigenvalue weighted by Crippen LogP contribution is 3.34. The van der Waals surface area contributed by atoms with E-state index in [0.717, 1.165) is 239 Å². The van der Waals surface area contributed by atoms with Crippen molar-refractivity contribution in [3.05, 3.63) is 5.41 Å². The molecule has 0 aromatic rings. The lowest BCUT2D eigenvalue weighted by atomic mass is 8.78. The summed E-state index contributed by atoms with van der Waals surface area (Å²) in [6.07, 6.45) is 82.0. The predicted molar refractivity (Wildman–Crippen MR) is 352 cm³/mol. The fraction of sp³-hybridized carbons (Fsp3) is 1.00. The maximum Gasteiger partial charge on any atom is 0.00294 e. The first-order valence-electron chi connectivity index (χ1n) is 44.5. The summed E-state index contributed by atoms with van der Waals surface area (Å²) < 4.78 is 1.47. The zero-order chi connectivity index (χ0) is 58.3. The lowest BCUT2D eigenvalue weighted by Crippen LogP contribution is -3.19. The summed E-state index contributed by atoms with van der Waals surface area (Å²) >= 11 is 2.80. The molecule has 0 bridgehead atoms. The van der Waals surface area contributed by atoms with Gasteiger partial charge in [-0.25, -0.2) is 0 Å². The predicted octanol–water partition coefficient (Wildman–Crippen LogP) is 20.1. The maximum absolute atomic E-state index is 2.80. The molecule has 41 spiro atoms. The van der Waals surface area contributed by atoms with Crippen LogP contribution in [-0.2, 0) is 0 Å². The van der Waals surface area contributed by atoms with Crippen LogP contribution >= 0.6 is 22.6 Å². The summed E-state index contributed by atoms with van der Waals surface area (Å²) in [6, 6.07) is 0. The minimum absolute atomic E-state index is 0.816. The largest absolute Gasteiger partial charge is 0.0861 e. The van der Waals surface area contributed by atoms with Gasteiger partial charge in [-0.2, -0.15) is 0 Å². The van der Waals surface area contributed by atoms with Crippen molar-refractivity contribution in [1.82, 2.24) is 0 Å². The van der Waals surface area contributed by atoms with E-state index in [9.17, 15) is 0 Å². The monoisotopic (exact) mass is 1340 g/mol. The summed E-state index contributed by atoms with van der Waals surface area (Å²) in [5.74, 6) is 1.10. The molecule has 44 unspecified atom stereocenters. The van der Waals surface area contributed by atoms with Gasteiger partial charge < -0.3 is 0 Å². The van der Waals surface area contributed by atoms with Gasteiger partial charge in [-0.1, -0.05) is 42.9 Å². The van der Waals surface area contributed by atoms with Crippen LogP contribution in [0.4, 0.5) is 0 Å². The van der Waals surface area contributed by atoms with Crippen LogP contribution < -0.4 is 0 Å². The smallest absolute Gasteiger partial charge is 0.00294 e. The molecule has 1 heteroatoms. The van der Waals surface area contributed by atoms with Gasteiger partial charge in [-0.15, -0.1) is 0 Å². The van der Waals surface area contributed by atoms with Gasteiger partial charge in [0.15, 0.2) is 0 Å². The second-order valence-electron chi connectivity index (χ2n) is 56.6. The van der Waals surface area contributed by atoms with E-state index >= 15 is 0 Å². The molecular weight excluding hydrogens is 1240 g/mol. The molecule has 44 atom stereocenters. The molecule has 0 saturated heterocycles. The Kier molecular flexibility index (Phi) is 4.00. The summed E-state index contributed by atoms with van der Waals surface area (Å²) in [4.78, 5) is 0. The third-order valence-electron chi connectivity index (χ3n) is 67.0. The first-order valence-corrected chi connectivity index (χ1v) is 46.0. The minimum Gasteiger partial charge on any atom is -0.0861 e. The molecule has 43 saturated carbocycles. The fourth-order valence-corrected chi connectivity index (χ4v) is 70.8. The van der Waals surface area contributed by atoms with Crippen LogP contribution in [0.15, 0.2) is 0 Å². The van der Waals surface area contributed by atoms with Crippen molar-refractivity contribution in [1.29, 1.82) is 0 Å². The Morgan fingerprint density at radius 2 is 0.362 bits per heavy atom. The number of rotatable bonds is 3. The second kappa shape index (κ2) is 8.46. The highest BCUT2D eigenvalue weighted by atomic mass is 127. The quantitative estimate of drug-likeness (QED) is 0.195. The zero-order valence-electron chi connectivity index (χ0n) is 57.7. The van der Waals surface area contributed by atoms with Crippen LogP contribution in [0.3, 0.4) is 0 Å². The molecule has 0 aromatic carbocycles. The molecule has 0 N–H and O–H groups in total. The van der Waals surface area contributed by atoms with Gasteiger partial charge >= 0.3 is 0 Å². The van der Waals surface area contributed by atoms with Crippen LogP contribution in [0.25, 0.3) is 0 Å². The Bertz CT molecular complexity index is 4830. The van der Waals surface area contributed by atoms with Gasteiger partial charge in [0, 0.05) is 4.43 Å². The van der Waals surface area contributed by atoms with E-state index in [1.54, 1.807) is 109 Å². The van der Waals surface area contributed by atoms with Crippen molar-refractivity contribution in [2.75, 3.05) is 4.43 Å². The lowest BCUT2D eigenvalue weighted by Gasteiger charge is -3.25. The van der Waals surface area contributed by atoms with Crippen molar-refractivity contribution in [2.45, 2.75) is 309 Å². The standard InChI is InChI=1S/C93H101I/c1-3-4-52-10-56-14-60-18-64-22-68-26-72-30-76-34-80-38-84-42-88-46-92-49-91-45-87-41-83-37-79-33-75-29-71-25-67-21-63-17-59-13-55-9-51(2)5-6-53(51,55)11-57(55,59)15-61(59,63)19-65(63,67)23-69(67,71)27-73(71,75)31-77(75,79)35-81(79,83)39-85(83,87)43-89(87,91)47-93(91,92)48-90(88,92)44-86(84,88)40-82(80,84)36-78(76,80)32-74(72,76)28-70(68,72)24-66(64,68)20-62(60,64)16-58(56,60)12-54(52,56)7-50(52)8-94/h50H,3-49H2,1-2H3. The Hall–Kier alpha value is 0.730. The Morgan fingerprint density at radius 1 is 0.202 bits per heavy atom. The first-order chi connectivity index (χ1) is 44.9. The average Bonchev–Trinajstić information content (AvgIpc) is 0.520. The van der Waals surface area contributed by atoms with E-state index in [-0.39, 0.29) is 0 Å².